The van der Waals surface area contributed by atoms with Crippen LogP contribution in [-0.4, -0.2) is 32.4 Å². The Hall–Kier alpha value is -1.06. The lowest BCUT2D eigenvalue weighted by molar-refractivity contribution is -0.671. The minimum Gasteiger partial charge on any atom is -0.391 e. The zero-order valence-electron chi connectivity index (χ0n) is 8.90. The van der Waals surface area contributed by atoms with Crippen molar-refractivity contribution in [2.75, 3.05) is 32.1 Å². The number of benzene rings is 1. The van der Waals surface area contributed by atoms with Crippen molar-refractivity contribution in [2.45, 2.75) is 6.54 Å². The first-order valence-corrected chi connectivity index (χ1v) is 4.93. The first kappa shape index (κ1) is 11.0. The highest BCUT2D eigenvalue weighted by atomic mass is 16.3. The molecule has 0 aliphatic rings. The molecule has 3 heteroatoms. The van der Waals surface area contributed by atoms with Gasteiger partial charge >= 0.3 is 0 Å². The highest BCUT2D eigenvalue weighted by Crippen LogP contribution is 2.11. The lowest BCUT2D eigenvalue weighted by atomic mass is 10.2. The topological polar surface area (TPSA) is 40.1 Å². The Balaban J connectivity index is 2.47. The molecule has 1 rings (SSSR count). The van der Waals surface area contributed by atoms with Crippen LogP contribution in [-0.2, 0) is 6.54 Å². The van der Waals surface area contributed by atoms with Crippen LogP contribution in [0.25, 0.3) is 0 Å². The number of rotatable bonds is 5. The second kappa shape index (κ2) is 5.62. The van der Waals surface area contributed by atoms with Gasteiger partial charge in [-0.25, -0.2) is 0 Å². The lowest BCUT2D eigenvalue weighted by Gasteiger charge is -2.12. The van der Waals surface area contributed by atoms with Crippen molar-refractivity contribution < 1.29 is 10.4 Å². The number of anilines is 1. The van der Waals surface area contributed by atoms with E-state index in [1.807, 2.05) is 14.1 Å². The zero-order chi connectivity index (χ0) is 10.4. The molecule has 0 bridgehead atoms. The first-order valence-electron chi connectivity index (χ1n) is 4.93. The molecule has 0 saturated heterocycles. The van der Waals surface area contributed by atoms with Crippen molar-refractivity contribution in [3.63, 3.8) is 0 Å². The molecular weight excluding hydrogens is 176 g/mol. The maximum absolute atomic E-state index is 8.62. The van der Waals surface area contributed by atoms with E-state index in [0.29, 0.717) is 0 Å². The van der Waals surface area contributed by atoms with E-state index >= 15 is 0 Å². The molecule has 78 valence electrons. The Kier molecular flexibility index (Phi) is 4.43. The number of nitrogens with two attached hydrogens (primary N) is 1. The summed E-state index contributed by atoms with van der Waals surface area (Å²) >= 11 is 0. The molecule has 0 radical (unpaired) electrons. The molecule has 0 aromatic heterocycles. The molecular formula is C11H19N2O+. The minimum absolute atomic E-state index is 0.246. The molecule has 0 amide bonds. The Morgan fingerprint density at radius 1 is 1.21 bits per heavy atom. The van der Waals surface area contributed by atoms with Crippen molar-refractivity contribution in [2.24, 2.45) is 0 Å². The van der Waals surface area contributed by atoms with Gasteiger partial charge in [-0.05, 0) is 12.1 Å². The Bertz CT molecular complexity index is 256. The molecule has 1 aromatic rings. The van der Waals surface area contributed by atoms with E-state index in [9.17, 15) is 0 Å². The summed E-state index contributed by atoms with van der Waals surface area (Å²) < 4.78 is 0. The smallest absolute Gasteiger partial charge is 0.101 e. The van der Waals surface area contributed by atoms with Crippen LogP contribution in [0.5, 0.6) is 0 Å². The molecule has 0 heterocycles. The van der Waals surface area contributed by atoms with Gasteiger partial charge in [-0.3, -0.25) is 0 Å². The highest BCUT2D eigenvalue weighted by Gasteiger charge is 1.97. The van der Waals surface area contributed by atoms with Gasteiger partial charge in [0.1, 0.15) is 6.54 Å². The molecule has 0 aliphatic heterocycles. The van der Waals surface area contributed by atoms with Crippen molar-refractivity contribution in [1.82, 2.24) is 0 Å². The van der Waals surface area contributed by atoms with Crippen LogP contribution < -0.4 is 10.2 Å². The largest absolute Gasteiger partial charge is 0.391 e. The van der Waals surface area contributed by atoms with Gasteiger partial charge in [-0.15, -0.1) is 0 Å². The third-order valence-electron chi connectivity index (χ3n) is 2.17. The summed E-state index contributed by atoms with van der Waals surface area (Å²) in [4.78, 5) is 2.08. The van der Waals surface area contributed by atoms with Crippen LogP contribution in [0.15, 0.2) is 24.3 Å². The second-order valence-corrected chi connectivity index (χ2v) is 3.57. The van der Waals surface area contributed by atoms with E-state index in [4.69, 9.17) is 5.11 Å². The van der Waals surface area contributed by atoms with E-state index in [1.165, 1.54) is 11.3 Å². The van der Waals surface area contributed by atoms with Crippen LogP contribution in [0.4, 0.5) is 5.69 Å². The zero-order valence-corrected chi connectivity index (χ0v) is 8.90. The molecule has 3 nitrogen and oxygen atoms in total. The van der Waals surface area contributed by atoms with Crippen LogP contribution in [0.3, 0.4) is 0 Å². The SMILES string of the molecule is CN(C)c1ccc(C[NH2+]CCO)cc1. The molecule has 3 N–H and O–H groups in total. The molecule has 0 spiro atoms. The molecule has 0 atom stereocenters. The van der Waals surface area contributed by atoms with Gasteiger partial charge in [0.2, 0.25) is 0 Å². The quantitative estimate of drug-likeness (QED) is 0.639. The van der Waals surface area contributed by atoms with Crippen LogP contribution in [0, 0.1) is 0 Å². The molecule has 1 aromatic carbocycles. The van der Waals surface area contributed by atoms with E-state index in [-0.39, 0.29) is 6.61 Å². The van der Waals surface area contributed by atoms with Gasteiger partial charge in [-0.1, -0.05) is 12.1 Å². The van der Waals surface area contributed by atoms with Gasteiger partial charge in [0.25, 0.3) is 0 Å². The van der Waals surface area contributed by atoms with E-state index in [0.717, 1.165) is 13.1 Å². The Morgan fingerprint density at radius 2 is 1.86 bits per heavy atom. The number of aliphatic hydroxyl groups excluding tert-OH is 1. The summed E-state index contributed by atoms with van der Waals surface area (Å²) in [6.45, 7) is 1.96. The first-order chi connectivity index (χ1) is 6.74. The molecule has 0 aliphatic carbocycles. The van der Waals surface area contributed by atoms with Crippen molar-refractivity contribution in [1.29, 1.82) is 0 Å². The average Bonchev–Trinajstić information content (AvgIpc) is 2.19. The number of quaternary nitrogens is 1. The van der Waals surface area contributed by atoms with Crippen LogP contribution in [0.2, 0.25) is 0 Å². The second-order valence-electron chi connectivity index (χ2n) is 3.57. The van der Waals surface area contributed by atoms with Gasteiger partial charge in [0.15, 0.2) is 0 Å². The van der Waals surface area contributed by atoms with Gasteiger partial charge < -0.3 is 15.3 Å². The molecule has 0 unspecified atom stereocenters. The van der Waals surface area contributed by atoms with Gasteiger partial charge in [-0.2, -0.15) is 0 Å². The van der Waals surface area contributed by atoms with Crippen LogP contribution >= 0.6 is 0 Å². The summed E-state index contributed by atoms with van der Waals surface area (Å²) in [5.74, 6) is 0. The predicted molar refractivity (Wildman–Crippen MR) is 58.4 cm³/mol. The lowest BCUT2D eigenvalue weighted by Crippen LogP contribution is -2.83. The maximum Gasteiger partial charge on any atom is 0.101 e. The maximum atomic E-state index is 8.62. The number of nitrogens with zero attached hydrogens (tertiary/aromatic N) is 1. The monoisotopic (exact) mass is 195 g/mol. The number of hydrogen-bond donors (Lipinski definition) is 2. The summed E-state index contributed by atoms with van der Waals surface area (Å²) in [6, 6.07) is 8.48. The van der Waals surface area contributed by atoms with E-state index < -0.39 is 0 Å². The summed E-state index contributed by atoms with van der Waals surface area (Å²) in [7, 11) is 4.07. The molecule has 0 saturated carbocycles. The summed E-state index contributed by atoms with van der Waals surface area (Å²) in [5.41, 5.74) is 2.51. The van der Waals surface area contributed by atoms with Crippen LogP contribution in [0.1, 0.15) is 5.56 Å². The molecule has 0 fully saturated rings. The van der Waals surface area contributed by atoms with E-state index in [1.54, 1.807) is 0 Å². The normalized spacial score (nSPS) is 10.2. The number of hydrogen-bond acceptors (Lipinski definition) is 2. The number of aliphatic hydroxyl groups is 1. The van der Waals surface area contributed by atoms with Crippen molar-refractivity contribution in [3.05, 3.63) is 29.8 Å². The fraction of sp³-hybridized carbons (Fsp3) is 0.455. The fourth-order valence-corrected chi connectivity index (χ4v) is 1.29. The summed E-state index contributed by atoms with van der Waals surface area (Å²) in [6.07, 6.45) is 0. The highest BCUT2D eigenvalue weighted by molar-refractivity contribution is 5.45. The summed E-state index contributed by atoms with van der Waals surface area (Å²) in [5, 5.41) is 10.7. The third kappa shape index (κ3) is 3.36. The Morgan fingerprint density at radius 3 is 2.36 bits per heavy atom. The van der Waals surface area contributed by atoms with Crippen molar-refractivity contribution >= 4 is 5.69 Å². The Labute approximate surface area is 85.4 Å². The van der Waals surface area contributed by atoms with Crippen molar-refractivity contribution in [3.8, 4) is 0 Å². The van der Waals surface area contributed by atoms with Gasteiger partial charge in [0.05, 0.1) is 13.2 Å². The van der Waals surface area contributed by atoms with E-state index in [2.05, 4.69) is 34.5 Å². The average molecular weight is 195 g/mol. The molecule has 14 heavy (non-hydrogen) atoms. The fourth-order valence-electron chi connectivity index (χ4n) is 1.29. The predicted octanol–water partition coefficient (Wildman–Crippen LogP) is -0.192. The minimum atomic E-state index is 0.246. The standard InChI is InChI=1S/C11H18N2O/c1-13(2)11-5-3-10(4-6-11)9-12-7-8-14/h3-6,12,14H,7-9H2,1-2H3/p+1. The van der Waals surface area contributed by atoms with Gasteiger partial charge in [0, 0.05) is 25.3 Å². The third-order valence-corrected chi connectivity index (χ3v) is 2.17.